The van der Waals surface area contributed by atoms with E-state index in [4.69, 9.17) is 14.7 Å². The molecular weight excluding hydrogens is 350 g/mol. The number of aromatic nitrogens is 4. The van der Waals surface area contributed by atoms with E-state index in [1.165, 1.54) is 0 Å². The molecule has 1 saturated heterocycles. The van der Waals surface area contributed by atoms with Crippen LogP contribution in [0.5, 0.6) is 0 Å². The van der Waals surface area contributed by atoms with Crippen LogP contribution >= 0.6 is 0 Å². The van der Waals surface area contributed by atoms with Crippen LogP contribution in [0.2, 0.25) is 0 Å². The quantitative estimate of drug-likeness (QED) is 0.550. The second-order valence-corrected chi connectivity index (χ2v) is 6.92. The van der Waals surface area contributed by atoms with Gasteiger partial charge < -0.3 is 9.64 Å². The Morgan fingerprint density at radius 1 is 0.964 bits per heavy atom. The summed E-state index contributed by atoms with van der Waals surface area (Å²) in [5, 5.41) is 5.38. The van der Waals surface area contributed by atoms with Gasteiger partial charge in [-0.1, -0.05) is 42.5 Å². The van der Waals surface area contributed by atoms with Gasteiger partial charge in [0.25, 0.3) is 0 Å². The highest BCUT2D eigenvalue weighted by atomic mass is 16.5. The van der Waals surface area contributed by atoms with Crippen molar-refractivity contribution >= 4 is 16.7 Å². The number of nitrogens with zero attached hydrogens (tertiary/aromatic N) is 5. The van der Waals surface area contributed by atoms with Crippen molar-refractivity contribution in [3.05, 3.63) is 73.1 Å². The molecule has 0 radical (unpaired) electrons. The van der Waals surface area contributed by atoms with Crippen LogP contribution in [0.1, 0.15) is 0 Å². The summed E-state index contributed by atoms with van der Waals surface area (Å²) in [6.45, 7) is 2.99. The predicted octanol–water partition coefficient (Wildman–Crippen LogP) is 3.40. The molecule has 1 atom stereocenters. The third-order valence-electron chi connectivity index (χ3n) is 5.00. The number of para-hydroxylation sites is 1. The number of fused-ring (bicyclic) bond motifs is 1. The first-order valence-corrected chi connectivity index (χ1v) is 9.53. The Labute approximate surface area is 163 Å². The zero-order chi connectivity index (χ0) is 18.8. The van der Waals surface area contributed by atoms with E-state index in [9.17, 15) is 0 Å². The Hall–Kier alpha value is -3.25. The Kier molecular flexibility index (Phi) is 4.47. The van der Waals surface area contributed by atoms with Crippen molar-refractivity contribution in [1.82, 2.24) is 19.7 Å². The van der Waals surface area contributed by atoms with E-state index in [-0.39, 0.29) is 6.10 Å². The van der Waals surface area contributed by atoms with Crippen molar-refractivity contribution < 1.29 is 4.74 Å². The number of hydrogen-bond acceptors (Lipinski definition) is 5. The summed E-state index contributed by atoms with van der Waals surface area (Å²) in [6, 6.07) is 20.3. The van der Waals surface area contributed by atoms with E-state index in [0.717, 1.165) is 47.7 Å². The highest BCUT2D eigenvalue weighted by Crippen LogP contribution is 2.28. The first kappa shape index (κ1) is 16.9. The van der Waals surface area contributed by atoms with Gasteiger partial charge in [-0.3, -0.25) is 4.68 Å². The maximum Gasteiger partial charge on any atom is 0.162 e. The maximum atomic E-state index is 5.98. The molecule has 1 unspecified atom stereocenters. The summed E-state index contributed by atoms with van der Waals surface area (Å²) in [6.07, 6.45) is 3.84. The molecule has 0 N–H and O–H groups in total. The van der Waals surface area contributed by atoms with Gasteiger partial charge in [-0.15, -0.1) is 0 Å². The zero-order valence-corrected chi connectivity index (χ0v) is 15.5. The fourth-order valence-electron chi connectivity index (χ4n) is 3.66. The van der Waals surface area contributed by atoms with E-state index in [2.05, 4.69) is 22.1 Å². The van der Waals surface area contributed by atoms with Crippen molar-refractivity contribution in [2.75, 3.05) is 24.6 Å². The van der Waals surface area contributed by atoms with Crippen LogP contribution in [0, 0.1) is 0 Å². The number of anilines is 1. The van der Waals surface area contributed by atoms with E-state index in [0.29, 0.717) is 6.61 Å². The molecule has 6 nitrogen and oxygen atoms in total. The molecule has 1 fully saturated rings. The topological polar surface area (TPSA) is 56.1 Å². The Morgan fingerprint density at radius 2 is 1.82 bits per heavy atom. The zero-order valence-electron chi connectivity index (χ0n) is 15.5. The van der Waals surface area contributed by atoms with E-state index in [1.807, 2.05) is 59.4 Å². The SMILES string of the molecule is c1ccc(-c2nc(N3CCOC(Cn4cccn4)C3)c3ccccc3n2)cc1. The second kappa shape index (κ2) is 7.40. The largest absolute Gasteiger partial charge is 0.373 e. The molecule has 2 aromatic carbocycles. The molecule has 3 heterocycles. The summed E-state index contributed by atoms with van der Waals surface area (Å²) in [5.41, 5.74) is 1.98. The van der Waals surface area contributed by atoms with Gasteiger partial charge in [-0.2, -0.15) is 5.10 Å². The van der Waals surface area contributed by atoms with Gasteiger partial charge in [0.15, 0.2) is 5.82 Å². The molecule has 2 aromatic heterocycles. The van der Waals surface area contributed by atoms with E-state index >= 15 is 0 Å². The highest BCUT2D eigenvalue weighted by Gasteiger charge is 2.24. The molecule has 5 rings (SSSR count). The Balaban J connectivity index is 1.52. The number of rotatable bonds is 4. The molecule has 0 aliphatic carbocycles. The van der Waals surface area contributed by atoms with Crippen LogP contribution in [-0.4, -0.2) is 45.5 Å². The molecule has 1 aliphatic rings. The average molecular weight is 371 g/mol. The predicted molar refractivity (Wildman–Crippen MR) is 109 cm³/mol. The monoisotopic (exact) mass is 371 g/mol. The number of hydrogen-bond donors (Lipinski definition) is 0. The normalized spacial score (nSPS) is 17.1. The summed E-state index contributed by atoms with van der Waals surface area (Å²) < 4.78 is 7.90. The summed E-state index contributed by atoms with van der Waals surface area (Å²) >= 11 is 0. The van der Waals surface area contributed by atoms with Crippen LogP contribution in [-0.2, 0) is 11.3 Å². The summed E-state index contributed by atoms with van der Waals surface area (Å²) in [7, 11) is 0. The second-order valence-electron chi connectivity index (χ2n) is 6.92. The molecule has 4 aromatic rings. The van der Waals surface area contributed by atoms with Crippen molar-refractivity contribution in [3.8, 4) is 11.4 Å². The molecule has 0 bridgehead atoms. The average Bonchev–Trinajstić information content (AvgIpc) is 3.27. The van der Waals surface area contributed by atoms with Gasteiger partial charge in [0, 0.05) is 36.4 Å². The fourth-order valence-corrected chi connectivity index (χ4v) is 3.66. The number of benzene rings is 2. The smallest absolute Gasteiger partial charge is 0.162 e. The van der Waals surface area contributed by atoms with Gasteiger partial charge in [-0.25, -0.2) is 9.97 Å². The van der Waals surface area contributed by atoms with Crippen LogP contribution in [0.4, 0.5) is 5.82 Å². The standard InChI is InChI=1S/C22H21N5O/c1-2-7-17(8-3-1)21-24-20-10-5-4-9-19(20)22(25-21)26-13-14-28-18(15-26)16-27-12-6-11-23-27/h1-12,18H,13-16H2. The molecule has 28 heavy (non-hydrogen) atoms. The lowest BCUT2D eigenvalue weighted by molar-refractivity contribution is 0.0273. The Bertz CT molecular complexity index is 1060. The van der Waals surface area contributed by atoms with Gasteiger partial charge in [-0.05, 0) is 18.2 Å². The van der Waals surface area contributed by atoms with Crippen LogP contribution in [0.15, 0.2) is 73.1 Å². The van der Waals surface area contributed by atoms with Crippen molar-refractivity contribution in [2.45, 2.75) is 12.6 Å². The van der Waals surface area contributed by atoms with Crippen molar-refractivity contribution in [1.29, 1.82) is 0 Å². The minimum atomic E-state index is 0.0718. The number of ether oxygens (including phenoxy) is 1. The molecule has 6 heteroatoms. The third kappa shape index (κ3) is 3.34. The van der Waals surface area contributed by atoms with Gasteiger partial charge in [0.2, 0.25) is 0 Å². The number of morpholine rings is 1. The van der Waals surface area contributed by atoms with Crippen molar-refractivity contribution in [2.24, 2.45) is 0 Å². The molecular formula is C22H21N5O. The first-order valence-electron chi connectivity index (χ1n) is 9.53. The third-order valence-corrected chi connectivity index (χ3v) is 5.00. The Morgan fingerprint density at radius 3 is 2.68 bits per heavy atom. The van der Waals surface area contributed by atoms with Gasteiger partial charge in [0.1, 0.15) is 5.82 Å². The fraction of sp³-hybridized carbons (Fsp3) is 0.227. The van der Waals surface area contributed by atoms with E-state index < -0.39 is 0 Å². The summed E-state index contributed by atoms with van der Waals surface area (Å²) in [4.78, 5) is 12.1. The summed E-state index contributed by atoms with van der Waals surface area (Å²) in [5.74, 6) is 1.72. The first-order chi connectivity index (χ1) is 13.9. The molecule has 1 aliphatic heterocycles. The lowest BCUT2D eigenvalue weighted by atomic mass is 10.1. The van der Waals surface area contributed by atoms with Crippen LogP contribution < -0.4 is 4.90 Å². The van der Waals surface area contributed by atoms with Gasteiger partial charge in [0.05, 0.1) is 24.8 Å². The highest BCUT2D eigenvalue weighted by molar-refractivity contribution is 5.91. The molecule has 0 saturated carbocycles. The lowest BCUT2D eigenvalue weighted by Gasteiger charge is -2.34. The van der Waals surface area contributed by atoms with Crippen molar-refractivity contribution in [3.63, 3.8) is 0 Å². The maximum absolute atomic E-state index is 5.98. The van der Waals surface area contributed by atoms with Crippen LogP contribution in [0.25, 0.3) is 22.3 Å². The minimum Gasteiger partial charge on any atom is -0.373 e. The van der Waals surface area contributed by atoms with Crippen LogP contribution in [0.3, 0.4) is 0 Å². The van der Waals surface area contributed by atoms with E-state index in [1.54, 1.807) is 6.20 Å². The molecule has 140 valence electrons. The van der Waals surface area contributed by atoms with Gasteiger partial charge >= 0.3 is 0 Å². The lowest BCUT2D eigenvalue weighted by Crippen LogP contribution is -2.44. The molecule has 0 spiro atoms. The minimum absolute atomic E-state index is 0.0718. The molecule has 0 amide bonds.